The van der Waals surface area contributed by atoms with Crippen molar-refractivity contribution >= 4 is 5.97 Å². The second kappa shape index (κ2) is 6.25. The lowest BCUT2D eigenvalue weighted by atomic mass is 10.0. The van der Waals surface area contributed by atoms with Crippen molar-refractivity contribution < 1.29 is 18.4 Å². The van der Waals surface area contributed by atoms with Gasteiger partial charge in [-0.15, -0.1) is 0 Å². The fourth-order valence-electron chi connectivity index (χ4n) is 1.74. The highest BCUT2D eigenvalue weighted by molar-refractivity contribution is 5.75. The maximum absolute atomic E-state index is 13.9. The van der Waals surface area contributed by atoms with Crippen LogP contribution in [0.4, 0.5) is 4.39 Å². The molecule has 0 aliphatic heterocycles. The molecule has 1 aromatic carbocycles. The minimum atomic E-state index is -0.814. The number of nitrogens with two attached hydrogens (primary N) is 1. The van der Waals surface area contributed by atoms with Crippen LogP contribution in [-0.2, 0) is 16.0 Å². The average Bonchev–Trinajstić information content (AvgIpc) is 2.93. The van der Waals surface area contributed by atoms with Crippen LogP contribution < -0.4 is 5.73 Å². The number of carbonyl (C=O) groups is 1. The summed E-state index contributed by atoms with van der Waals surface area (Å²) in [6.45, 7) is 1.96. The Morgan fingerprint density at radius 3 is 2.95 bits per heavy atom. The first kappa shape index (κ1) is 14.1. The van der Waals surface area contributed by atoms with Gasteiger partial charge in [0.25, 0.3) is 0 Å². The summed E-state index contributed by atoms with van der Waals surface area (Å²) in [5.41, 5.74) is 6.50. The maximum Gasteiger partial charge on any atom is 0.323 e. The molecule has 1 unspecified atom stereocenters. The van der Waals surface area contributed by atoms with Crippen molar-refractivity contribution in [2.45, 2.75) is 19.4 Å². The minimum absolute atomic E-state index is 0.170. The summed E-state index contributed by atoms with van der Waals surface area (Å²) in [5.74, 6) is -0.834. The third-order valence-electron chi connectivity index (χ3n) is 2.68. The lowest BCUT2D eigenvalue weighted by molar-refractivity contribution is -0.144. The largest absolute Gasteiger partial charge is 0.465 e. The summed E-state index contributed by atoms with van der Waals surface area (Å²) in [5, 5.41) is 3.57. The van der Waals surface area contributed by atoms with Crippen LogP contribution in [0.15, 0.2) is 29.1 Å². The normalized spacial score (nSPS) is 12.2. The number of ether oxygens (including phenoxy) is 1. The smallest absolute Gasteiger partial charge is 0.323 e. The quantitative estimate of drug-likeness (QED) is 0.830. The zero-order valence-corrected chi connectivity index (χ0v) is 10.9. The monoisotopic (exact) mass is 279 g/mol. The number of hydrogen-bond donors (Lipinski definition) is 1. The molecule has 20 heavy (non-hydrogen) atoms. The summed E-state index contributed by atoms with van der Waals surface area (Å²) in [6.07, 6.45) is 1.32. The SMILES string of the molecule is CCOC(=O)C(N)Cc1ccc(-c2ncon2)c(F)c1. The van der Waals surface area contributed by atoms with E-state index in [0.717, 1.165) is 6.39 Å². The van der Waals surface area contributed by atoms with Crippen LogP contribution >= 0.6 is 0 Å². The van der Waals surface area contributed by atoms with Crippen LogP contribution in [0.3, 0.4) is 0 Å². The number of halogens is 1. The lowest BCUT2D eigenvalue weighted by Crippen LogP contribution is -2.34. The molecule has 0 saturated carbocycles. The molecule has 106 valence electrons. The van der Waals surface area contributed by atoms with Gasteiger partial charge in [-0.25, -0.2) is 4.39 Å². The summed E-state index contributed by atoms with van der Waals surface area (Å²) >= 11 is 0. The van der Waals surface area contributed by atoms with Gasteiger partial charge in [-0.1, -0.05) is 11.2 Å². The number of hydrogen-bond acceptors (Lipinski definition) is 6. The van der Waals surface area contributed by atoms with Gasteiger partial charge in [0.05, 0.1) is 12.2 Å². The molecule has 0 radical (unpaired) electrons. The van der Waals surface area contributed by atoms with Crippen LogP contribution in [0.2, 0.25) is 0 Å². The first-order valence-corrected chi connectivity index (χ1v) is 6.09. The van der Waals surface area contributed by atoms with Crippen LogP contribution in [0.1, 0.15) is 12.5 Å². The van der Waals surface area contributed by atoms with E-state index in [1.165, 1.54) is 12.1 Å². The number of rotatable bonds is 5. The van der Waals surface area contributed by atoms with Gasteiger partial charge in [0, 0.05) is 0 Å². The van der Waals surface area contributed by atoms with Crippen molar-refractivity contribution in [3.63, 3.8) is 0 Å². The molecule has 2 N–H and O–H groups in total. The zero-order chi connectivity index (χ0) is 14.5. The van der Waals surface area contributed by atoms with Gasteiger partial charge in [-0.2, -0.15) is 4.98 Å². The van der Waals surface area contributed by atoms with Gasteiger partial charge in [0.1, 0.15) is 11.9 Å². The van der Waals surface area contributed by atoms with Crippen molar-refractivity contribution in [2.75, 3.05) is 6.61 Å². The van der Waals surface area contributed by atoms with E-state index in [9.17, 15) is 9.18 Å². The predicted octanol–water partition coefficient (Wildman–Crippen LogP) is 1.31. The fraction of sp³-hybridized carbons (Fsp3) is 0.308. The Kier molecular flexibility index (Phi) is 4.41. The molecule has 0 aliphatic rings. The number of benzene rings is 1. The number of carbonyl (C=O) groups excluding carboxylic acids is 1. The fourth-order valence-corrected chi connectivity index (χ4v) is 1.74. The maximum atomic E-state index is 13.9. The Labute approximate surface area is 114 Å². The third-order valence-corrected chi connectivity index (χ3v) is 2.68. The van der Waals surface area contributed by atoms with Crippen molar-refractivity contribution in [1.82, 2.24) is 10.1 Å². The Bertz CT molecular complexity index is 587. The molecule has 2 rings (SSSR count). The standard InChI is InChI=1S/C13H14FN3O3/c1-2-19-13(18)11(15)6-8-3-4-9(10(14)5-8)12-16-7-20-17-12/h3-5,7,11H,2,6,15H2,1H3. The molecule has 1 atom stereocenters. The van der Waals surface area contributed by atoms with Crippen molar-refractivity contribution in [3.8, 4) is 11.4 Å². The molecule has 0 saturated heterocycles. The van der Waals surface area contributed by atoms with E-state index < -0.39 is 17.8 Å². The Balaban J connectivity index is 2.11. The topological polar surface area (TPSA) is 91.2 Å². The van der Waals surface area contributed by atoms with Gasteiger partial charge in [0.2, 0.25) is 12.2 Å². The summed E-state index contributed by atoms with van der Waals surface area (Å²) in [6, 6.07) is 3.66. The van der Waals surface area contributed by atoms with Gasteiger partial charge < -0.3 is 15.0 Å². The molecule has 0 bridgehead atoms. The van der Waals surface area contributed by atoms with Crippen LogP contribution in [0.5, 0.6) is 0 Å². The molecule has 0 aliphatic carbocycles. The first-order valence-electron chi connectivity index (χ1n) is 6.09. The minimum Gasteiger partial charge on any atom is -0.465 e. The summed E-state index contributed by atoms with van der Waals surface area (Å²) in [7, 11) is 0. The number of aromatic nitrogens is 2. The van der Waals surface area contributed by atoms with Crippen LogP contribution in [0.25, 0.3) is 11.4 Å². The average molecular weight is 279 g/mol. The van der Waals surface area contributed by atoms with Gasteiger partial charge >= 0.3 is 5.97 Å². The molecular weight excluding hydrogens is 265 g/mol. The molecule has 1 aromatic heterocycles. The van der Waals surface area contributed by atoms with E-state index in [0.29, 0.717) is 5.56 Å². The molecule has 7 heteroatoms. The highest BCUT2D eigenvalue weighted by Crippen LogP contribution is 2.20. The molecule has 6 nitrogen and oxygen atoms in total. The summed E-state index contributed by atoms with van der Waals surface area (Å²) in [4.78, 5) is 15.2. The molecule has 2 aromatic rings. The van der Waals surface area contributed by atoms with E-state index in [2.05, 4.69) is 14.7 Å². The van der Waals surface area contributed by atoms with Crippen molar-refractivity contribution in [2.24, 2.45) is 5.73 Å². The van der Waals surface area contributed by atoms with Crippen molar-refractivity contribution in [1.29, 1.82) is 0 Å². The van der Waals surface area contributed by atoms with Crippen LogP contribution in [-0.4, -0.2) is 28.8 Å². The van der Waals surface area contributed by atoms with E-state index in [-0.39, 0.29) is 24.4 Å². The highest BCUT2D eigenvalue weighted by Gasteiger charge is 2.17. The van der Waals surface area contributed by atoms with Gasteiger partial charge in [-0.05, 0) is 31.0 Å². The van der Waals surface area contributed by atoms with Gasteiger partial charge in [-0.3, -0.25) is 4.79 Å². The number of nitrogens with zero attached hydrogens (tertiary/aromatic N) is 2. The zero-order valence-electron chi connectivity index (χ0n) is 10.9. The molecule has 0 fully saturated rings. The van der Waals surface area contributed by atoms with E-state index in [1.54, 1.807) is 13.0 Å². The van der Waals surface area contributed by atoms with E-state index in [4.69, 9.17) is 10.5 Å². The van der Waals surface area contributed by atoms with Gasteiger partial charge in [0.15, 0.2) is 0 Å². The third kappa shape index (κ3) is 3.18. The Hall–Kier alpha value is -2.28. The molecular formula is C13H14FN3O3. The lowest BCUT2D eigenvalue weighted by Gasteiger charge is -2.11. The molecule has 0 spiro atoms. The van der Waals surface area contributed by atoms with E-state index in [1.807, 2.05) is 0 Å². The number of esters is 1. The molecule has 0 amide bonds. The molecule has 1 heterocycles. The van der Waals surface area contributed by atoms with E-state index >= 15 is 0 Å². The Morgan fingerprint density at radius 1 is 1.55 bits per heavy atom. The first-order chi connectivity index (χ1) is 9.61. The highest BCUT2D eigenvalue weighted by atomic mass is 19.1. The summed E-state index contributed by atoms with van der Waals surface area (Å²) < 4.78 is 23.3. The Morgan fingerprint density at radius 2 is 2.35 bits per heavy atom. The van der Waals surface area contributed by atoms with Crippen LogP contribution in [0, 0.1) is 5.82 Å². The second-order valence-corrected chi connectivity index (χ2v) is 4.13. The van der Waals surface area contributed by atoms with Crippen molar-refractivity contribution in [3.05, 3.63) is 36.0 Å². The second-order valence-electron chi connectivity index (χ2n) is 4.13. The predicted molar refractivity (Wildman–Crippen MR) is 68.0 cm³/mol.